The van der Waals surface area contributed by atoms with Crippen LogP contribution in [0.4, 0.5) is 11.4 Å². The number of hydrogen-bond acceptors (Lipinski definition) is 3. The van der Waals surface area contributed by atoms with E-state index in [9.17, 15) is 4.79 Å². The van der Waals surface area contributed by atoms with Gasteiger partial charge in [-0.05, 0) is 46.3 Å². The van der Waals surface area contributed by atoms with Crippen molar-refractivity contribution < 1.29 is 9.53 Å². The SMILES string of the molecule is Nc1ccc(NC(=O)CCOc2ccccc2Br)c(Cl)c1. The zero-order valence-electron chi connectivity index (χ0n) is 11.1. The van der Waals surface area contributed by atoms with E-state index in [1.54, 1.807) is 18.2 Å². The Kier molecular flexibility index (Phi) is 5.47. The second-order valence-electron chi connectivity index (χ2n) is 4.32. The van der Waals surface area contributed by atoms with E-state index in [4.69, 9.17) is 22.1 Å². The van der Waals surface area contributed by atoms with Gasteiger partial charge in [-0.3, -0.25) is 4.79 Å². The Labute approximate surface area is 136 Å². The molecule has 0 heterocycles. The van der Waals surface area contributed by atoms with Gasteiger partial charge >= 0.3 is 0 Å². The first-order valence-electron chi connectivity index (χ1n) is 6.28. The lowest BCUT2D eigenvalue weighted by atomic mass is 10.2. The van der Waals surface area contributed by atoms with Gasteiger partial charge < -0.3 is 15.8 Å². The van der Waals surface area contributed by atoms with Crippen molar-refractivity contribution in [1.29, 1.82) is 0 Å². The smallest absolute Gasteiger partial charge is 0.227 e. The molecule has 0 spiro atoms. The molecule has 4 nitrogen and oxygen atoms in total. The maximum atomic E-state index is 11.8. The van der Waals surface area contributed by atoms with Gasteiger partial charge in [-0.25, -0.2) is 0 Å². The average Bonchev–Trinajstić information content (AvgIpc) is 2.44. The zero-order chi connectivity index (χ0) is 15.2. The summed E-state index contributed by atoms with van der Waals surface area (Å²) in [5, 5.41) is 3.13. The summed E-state index contributed by atoms with van der Waals surface area (Å²) in [6.07, 6.45) is 0.224. The number of carbonyl (C=O) groups excluding carboxylic acids is 1. The molecule has 0 unspecified atom stereocenters. The van der Waals surface area contributed by atoms with Crippen LogP contribution in [0.3, 0.4) is 0 Å². The van der Waals surface area contributed by atoms with E-state index in [1.807, 2.05) is 24.3 Å². The summed E-state index contributed by atoms with van der Waals surface area (Å²) in [6, 6.07) is 12.4. The molecule has 110 valence electrons. The molecular formula is C15H14BrClN2O2. The summed E-state index contributed by atoms with van der Waals surface area (Å²) in [5.41, 5.74) is 6.69. The Bertz CT molecular complexity index is 649. The number of benzene rings is 2. The lowest BCUT2D eigenvalue weighted by molar-refractivity contribution is -0.116. The first kappa shape index (κ1) is 15.7. The van der Waals surface area contributed by atoms with E-state index in [1.165, 1.54) is 0 Å². The van der Waals surface area contributed by atoms with E-state index in [2.05, 4.69) is 21.2 Å². The van der Waals surface area contributed by atoms with Gasteiger partial charge in [-0.1, -0.05) is 23.7 Å². The molecule has 0 aliphatic rings. The molecule has 21 heavy (non-hydrogen) atoms. The number of nitrogen functional groups attached to an aromatic ring is 1. The van der Waals surface area contributed by atoms with Crippen LogP contribution in [0.1, 0.15) is 6.42 Å². The van der Waals surface area contributed by atoms with Crippen LogP contribution in [-0.2, 0) is 4.79 Å². The highest BCUT2D eigenvalue weighted by atomic mass is 79.9. The Morgan fingerprint density at radius 1 is 1.29 bits per heavy atom. The summed E-state index contributed by atoms with van der Waals surface area (Å²) in [5.74, 6) is 0.532. The summed E-state index contributed by atoms with van der Waals surface area (Å²) < 4.78 is 6.39. The molecule has 2 aromatic rings. The molecule has 2 rings (SSSR count). The van der Waals surface area contributed by atoms with Gasteiger partial charge in [-0.2, -0.15) is 0 Å². The normalized spacial score (nSPS) is 10.2. The highest BCUT2D eigenvalue weighted by molar-refractivity contribution is 9.10. The highest BCUT2D eigenvalue weighted by Crippen LogP contribution is 2.25. The predicted octanol–water partition coefficient (Wildman–Crippen LogP) is 4.09. The fourth-order valence-electron chi connectivity index (χ4n) is 1.66. The summed E-state index contributed by atoms with van der Waals surface area (Å²) in [7, 11) is 0. The van der Waals surface area contributed by atoms with Crippen molar-refractivity contribution in [2.24, 2.45) is 0 Å². The molecule has 0 saturated heterocycles. The van der Waals surface area contributed by atoms with Crippen LogP contribution >= 0.6 is 27.5 Å². The van der Waals surface area contributed by atoms with Crippen LogP contribution < -0.4 is 15.8 Å². The fourth-order valence-corrected chi connectivity index (χ4v) is 2.30. The monoisotopic (exact) mass is 368 g/mol. The number of anilines is 2. The number of halogens is 2. The average molecular weight is 370 g/mol. The van der Waals surface area contributed by atoms with Crippen molar-refractivity contribution in [1.82, 2.24) is 0 Å². The molecule has 0 bridgehead atoms. The quantitative estimate of drug-likeness (QED) is 0.780. The predicted molar refractivity (Wildman–Crippen MR) is 88.7 cm³/mol. The second-order valence-corrected chi connectivity index (χ2v) is 5.58. The molecular weight excluding hydrogens is 356 g/mol. The van der Waals surface area contributed by atoms with Gasteiger partial charge in [0.15, 0.2) is 0 Å². The van der Waals surface area contributed by atoms with Gasteiger partial charge in [-0.15, -0.1) is 0 Å². The lowest BCUT2D eigenvalue weighted by Gasteiger charge is -2.09. The van der Waals surface area contributed by atoms with E-state index in [-0.39, 0.29) is 18.9 Å². The minimum Gasteiger partial charge on any atom is -0.492 e. The van der Waals surface area contributed by atoms with E-state index in [0.717, 1.165) is 4.47 Å². The van der Waals surface area contributed by atoms with Crippen LogP contribution in [0.5, 0.6) is 5.75 Å². The molecule has 0 atom stereocenters. The van der Waals surface area contributed by atoms with E-state index >= 15 is 0 Å². The molecule has 0 radical (unpaired) electrons. The Hall–Kier alpha value is -1.72. The molecule has 0 fully saturated rings. The molecule has 0 aliphatic heterocycles. The number of amides is 1. The maximum Gasteiger partial charge on any atom is 0.227 e. The molecule has 2 aromatic carbocycles. The maximum absolute atomic E-state index is 11.8. The minimum absolute atomic E-state index is 0.172. The molecule has 0 saturated carbocycles. The number of hydrogen-bond donors (Lipinski definition) is 2. The third-order valence-electron chi connectivity index (χ3n) is 2.69. The Morgan fingerprint density at radius 2 is 2.05 bits per heavy atom. The van der Waals surface area contributed by atoms with Crippen LogP contribution in [0.25, 0.3) is 0 Å². The molecule has 0 aromatic heterocycles. The highest BCUT2D eigenvalue weighted by Gasteiger charge is 2.07. The number of rotatable bonds is 5. The summed E-state index contributed by atoms with van der Waals surface area (Å²) >= 11 is 9.37. The van der Waals surface area contributed by atoms with Crippen molar-refractivity contribution in [3.05, 3.63) is 52.0 Å². The van der Waals surface area contributed by atoms with Crippen LogP contribution in [0, 0.1) is 0 Å². The minimum atomic E-state index is -0.172. The van der Waals surface area contributed by atoms with E-state index in [0.29, 0.717) is 22.1 Å². The van der Waals surface area contributed by atoms with Crippen molar-refractivity contribution in [2.75, 3.05) is 17.7 Å². The summed E-state index contributed by atoms with van der Waals surface area (Å²) in [6.45, 7) is 0.279. The topological polar surface area (TPSA) is 64.3 Å². The lowest BCUT2D eigenvalue weighted by Crippen LogP contribution is -2.15. The van der Waals surface area contributed by atoms with Crippen molar-refractivity contribution in [3.63, 3.8) is 0 Å². The van der Waals surface area contributed by atoms with Crippen LogP contribution in [0.2, 0.25) is 5.02 Å². The number of nitrogens with one attached hydrogen (secondary N) is 1. The zero-order valence-corrected chi connectivity index (χ0v) is 13.4. The third-order valence-corrected chi connectivity index (χ3v) is 3.66. The largest absolute Gasteiger partial charge is 0.492 e. The Balaban J connectivity index is 1.84. The molecule has 0 aliphatic carbocycles. The third kappa shape index (κ3) is 4.65. The number of nitrogens with two attached hydrogens (primary N) is 1. The number of ether oxygens (including phenoxy) is 1. The second kappa shape index (κ2) is 7.33. The van der Waals surface area contributed by atoms with Crippen molar-refractivity contribution in [3.8, 4) is 5.75 Å². The first-order chi connectivity index (χ1) is 10.1. The van der Waals surface area contributed by atoms with Gasteiger partial charge in [0, 0.05) is 5.69 Å². The number of carbonyl (C=O) groups is 1. The number of para-hydroxylation sites is 1. The molecule has 6 heteroatoms. The molecule has 3 N–H and O–H groups in total. The van der Waals surface area contributed by atoms with Crippen molar-refractivity contribution >= 4 is 44.8 Å². The van der Waals surface area contributed by atoms with Crippen LogP contribution in [-0.4, -0.2) is 12.5 Å². The van der Waals surface area contributed by atoms with Gasteiger partial charge in [0.25, 0.3) is 0 Å². The van der Waals surface area contributed by atoms with Crippen molar-refractivity contribution in [2.45, 2.75) is 6.42 Å². The van der Waals surface area contributed by atoms with Gasteiger partial charge in [0.05, 0.1) is 28.2 Å². The fraction of sp³-hybridized carbons (Fsp3) is 0.133. The Morgan fingerprint density at radius 3 is 2.76 bits per heavy atom. The van der Waals surface area contributed by atoms with E-state index < -0.39 is 0 Å². The van der Waals surface area contributed by atoms with Crippen LogP contribution in [0.15, 0.2) is 46.9 Å². The van der Waals surface area contributed by atoms with Gasteiger partial charge in [0.1, 0.15) is 5.75 Å². The standard InChI is InChI=1S/C15H14BrClN2O2/c16-11-3-1-2-4-14(11)21-8-7-15(20)19-13-6-5-10(18)9-12(13)17/h1-6,9H,7-8,18H2,(H,19,20). The first-order valence-corrected chi connectivity index (χ1v) is 7.45. The summed E-state index contributed by atoms with van der Waals surface area (Å²) in [4.78, 5) is 11.8. The molecule has 1 amide bonds. The van der Waals surface area contributed by atoms with Gasteiger partial charge in [0.2, 0.25) is 5.91 Å².